The number of ether oxygens (including phenoxy) is 1. The summed E-state index contributed by atoms with van der Waals surface area (Å²) in [6.07, 6.45) is 0.585. The third kappa shape index (κ3) is 3.09. The van der Waals surface area contributed by atoms with Crippen LogP contribution in [0.2, 0.25) is 0 Å². The van der Waals surface area contributed by atoms with Crippen LogP contribution in [0.1, 0.15) is 13.3 Å². The summed E-state index contributed by atoms with van der Waals surface area (Å²) in [5, 5.41) is 8.77. The molecule has 1 unspecified atom stereocenters. The molecule has 0 aliphatic rings. The molecule has 0 radical (unpaired) electrons. The van der Waals surface area contributed by atoms with E-state index in [-0.39, 0.29) is 6.61 Å². The molecule has 76 valence electrons. The van der Waals surface area contributed by atoms with Gasteiger partial charge < -0.3 is 9.84 Å². The van der Waals surface area contributed by atoms with Gasteiger partial charge in [0.15, 0.2) is 0 Å². The molecule has 0 saturated heterocycles. The van der Waals surface area contributed by atoms with Crippen LogP contribution in [0, 0.1) is 5.92 Å². The van der Waals surface area contributed by atoms with Gasteiger partial charge in [0.25, 0.3) is 0 Å². The quantitative estimate of drug-likeness (QED) is 0.781. The molecule has 0 aromatic heterocycles. The molecule has 0 saturated carbocycles. The average molecular weight is 194 g/mol. The number of hydrogen-bond acceptors (Lipinski definition) is 2. The van der Waals surface area contributed by atoms with E-state index >= 15 is 0 Å². The first-order chi connectivity index (χ1) is 6.74. The van der Waals surface area contributed by atoms with Crippen molar-refractivity contribution in [1.29, 1.82) is 0 Å². The Kier molecular flexibility index (Phi) is 3.98. The second-order valence-corrected chi connectivity index (χ2v) is 3.07. The first kappa shape index (κ1) is 10.6. The molecule has 0 amide bonds. The molecule has 3 heteroatoms. The van der Waals surface area contributed by atoms with Crippen LogP contribution in [-0.4, -0.2) is 17.7 Å². The van der Waals surface area contributed by atoms with Crippen LogP contribution in [0.5, 0.6) is 5.75 Å². The molecule has 0 fully saturated rings. The van der Waals surface area contributed by atoms with Gasteiger partial charge in [-0.25, -0.2) is 0 Å². The largest absolute Gasteiger partial charge is 0.493 e. The predicted molar refractivity (Wildman–Crippen MR) is 53.4 cm³/mol. The first-order valence-electron chi connectivity index (χ1n) is 4.64. The minimum atomic E-state index is -0.802. The molecule has 1 atom stereocenters. The van der Waals surface area contributed by atoms with Gasteiger partial charge in [0.2, 0.25) is 0 Å². The van der Waals surface area contributed by atoms with Gasteiger partial charge in [-0.05, 0) is 18.6 Å². The van der Waals surface area contributed by atoms with E-state index in [1.54, 1.807) is 0 Å². The lowest BCUT2D eigenvalue weighted by Gasteiger charge is -2.11. The van der Waals surface area contributed by atoms with Crippen LogP contribution in [-0.2, 0) is 4.79 Å². The van der Waals surface area contributed by atoms with E-state index in [1.807, 2.05) is 37.3 Å². The van der Waals surface area contributed by atoms with Crippen molar-refractivity contribution in [2.75, 3.05) is 6.61 Å². The number of aliphatic carboxylic acids is 1. The number of carboxylic acids is 1. The van der Waals surface area contributed by atoms with Crippen LogP contribution in [0.3, 0.4) is 0 Å². The summed E-state index contributed by atoms with van der Waals surface area (Å²) < 4.78 is 5.34. The molecule has 3 nitrogen and oxygen atoms in total. The Morgan fingerprint density at radius 1 is 1.43 bits per heavy atom. The van der Waals surface area contributed by atoms with Gasteiger partial charge >= 0.3 is 5.97 Å². The monoisotopic (exact) mass is 194 g/mol. The van der Waals surface area contributed by atoms with Gasteiger partial charge in [-0.15, -0.1) is 0 Å². The minimum absolute atomic E-state index is 0.232. The molecule has 1 rings (SSSR count). The van der Waals surface area contributed by atoms with Crippen molar-refractivity contribution >= 4 is 5.97 Å². The molecule has 0 aliphatic carbocycles. The van der Waals surface area contributed by atoms with E-state index in [0.717, 1.165) is 0 Å². The SMILES string of the molecule is CCC(COc1ccccc1)C(=O)O. The van der Waals surface area contributed by atoms with Crippen molar-refractivity contribution in [2.45, 2.75) is 13.3 Å². The Morgan fingerprint density at radius 3 is 2.57 bits per heavy atom. The third-order valence-electron chi connectivity index (χ3n) is 2.04. The summed E-state index contributed by atoms with van der Waals surface area (Å²) >= 11 is 0. The zero-order valence-corrected chi connectivity index (χ0v) is 8.14. The second kappa shape index (κ2) is 5.27. The standard InChI is InChI=1S/C11H14O3/c1-2-9(11(12)13)8-14-10-6-4-3-5-7-10/h3-7,9H,2,8H2,1H3,(H,12,13). The zero-order valence-electron chi connectivity index (χ0n) is 8.14. The highest BCUT2D eigenvalue weighted by molar-refractivity contribution is 5.70. The average Bonchev–Trinajstić information content (AvgIpc) is 2.20. The number of carboxylic acid groups (broad SMARTS) is 1. The summed E-state index contributed by atoms with van der Waals surface area (Å²) in [5.41, 5.74) is 0. The van der Waals surface area contributed by atoms with Crippen molar-refractivity contribution in [2.24, 2.45) is 5.92 Å². The third-order valence-corrected chi connectivity index (χ3v) is 2.04. The Labute approximate surface area is 83.3 Å². The van der Waals surface area contributed by atoms with Crippen molar-refractivity contribution in [1.82, 2.24) is 0 Å². The zero-order chi connectivity index (χ0) is 10.4. The maximum absolute atomic E-state index is 10.7. The molecule has 1 N–H and O–H groups in total. The number of benzene rings is 1. The normalized spacial score (nSPS) is 12.1. The van der Waals surface area contributed by atoms with E-state index in [2.05, 4.69) is 0 Å². The molecule has 0 heterocycles. The topological polar surface area (TPSA) is 46.5 Å². The van der Waals surface area contributed by atoms with Gasteiger partial charge in [-0.3, -0.25) is 4.79 Å². The summed E-state index contributed by atoms with van der Waals surface area (Å²) in [6, 6.07) is 9.23. The fourth-order valence-electron chi connectivity index (χ4n) is 1.08. The lowest BCUT2D eigenvalue weighted by molar-refractivity contribution is -0.142. The highest BCUT2D eigenvalue weighted by atomic mass is 16.5. The minimum Gasteiger partial charge on any atom is -0.493 e. The Balaban J connectivity index is 2.44. The lowest BCUT2D eigenvalue weighted by Crippen LogP contribution is -2.20. The fourth-order valence-corrected chi connectivity index (χ4v) is 1.08. The van der Waals surface area contributed by atoms with Crippen molar-refractivity contribution in [3.05, 3.63) is 30.3 Å². The van der Waals surface area contributed by atoms with Crippen LogP contribution in [0.4, 0.5) is 0 Å². The van der Waals surface area contributed by atoms with Gasteiger partial charge in [-0.1, -0.05) is 25.1 Å². The first-order valence-corrected chi connectivity index (χ1v) is 4.64. The van der Waals surface area contributed by atoms with Crippen LogP contribution >= 0.6 is 0 Å². The highest BCUT2D eigenvalue weighted by Gasteiger charge is 2.15. The lowest BCUT2D eigenvalue weighted by atomic mass is 10.1. The summed E-state index contributed by atoms with van der Waals surface area (Å²) in [6.45, 7) is 2.07. The molecule has 0 spiro atoms. The number of rotatable bonds is 5. The number of para-hydroxylation sites is 1. The van der Waals surface area contributed by atoms with Gasteiger partial charge in [0, 0.05) is 0 Å². The van der Waals surface area contributed by atoms with Crippen molar-refractivity contribution in [3.8, 4) is 5.75 Å². The molecule has 0 aliphatic heterocycles. The van der Waals surface area contributed by atoms with E-state index in [9.17, 15) is 4.79 Å². The predicted octanol–water partition coefficient (Wildman–Crippen LogP) is 2.18. The maximum atomic E-state index is 10.7. The number of carbonyl (C=O) groups is 1. The van der Waals surface area contributed by atoms with E-state index < -0.39 is 11.9 Å². The molecule has 1 aromatic rings. The van der Waals surface area contributed by atoms with Crippen molar-refractivity contribution in [3.63, 3.8) is 0 Å². The smallest absolute Gasteiger partial charge is 0.309 e. The maximum Gasteiger partial charge on any atom is 0.309 e. The molecule has 14 heavy (non-hydrogen) atoms. The van der Waals surface area contributed by atoms with Crippen LogP contribution in [0.25, 0.3) is 0 Å². The van der Waals surface area contributed by atoms with Gasteiger partial charge in [-0.2, -0.15) is 0 Å². The highest BCUT2D eigenvalue weighted by Crippen LogP contribution is 2.11. The Morgan fingerprint density at radius 2 is 2.07 bits per heavy atom. The van der Waals surface area contributed by atoms with Gasteiger partial charge in [0.05, 0.1) is 5.92 Å². The van der Waals surface area contributed by atoms with E-state index in [1.165, 1.54) is 0 Å². The number of hydrogen-bond donors (Lipinski definition) is 1. The van der Waals surface area contributed by atoms with E-state index in [4.69, 9.17) is 9.84 Å². The second-order valence-electron chi connectivity index (χ2n) is 3.07. The molecule has 0 bridgehead atoms. The molecular formula is C11H14O3. The Bertz CT molecular complexity index is 282. The van der Waals surface area contributed by atoms with Crippen LogP contribution in [0.15, 0.2) is 30.3 Å². The van der Waals surface area contributed by atoms with Gasteiger partial charge in [0.1, 0.15) is 12.4 Å². The molecule has 1 aromatic carbocycles. The Hall–Kier alpha value is -1.51. The molecular weight excluding hydrogens is 180 g/mol. The van der Waals surface area contributed by atoms with Crippen LogP contribution < -0.4 is 4.74 Å². The summed E-state index contributed by atoms with van der Waals surface area (Å²) in [5.74, 6) is -0.508. The summed E-state index contributed by atoms with van der Waals surface area (Å²) in [7, 11) is 0. The van der Waals surface area contributed by atoms with Crippen molar-refractivity contribution < 1.29 is 14.6 Å². The fraction of sp³-hybridized carbons (Fsp3) is 0.364. The van der Waals surface area contributed by atoms with E-state index in [0.29, 0.717) is 12.2 Å². The summed E-state index contributed by atoms with van der Waals surface area (Å²) in [4.78, 5) is 10.7.